The zero-order valence-corrected chi connectivity index (χ0v) is 15.5. The Hall–Kier alpha value is -1.46. The Bertz CT molecular complexity index is 388. The van der Waals surface area contributed by atoms with Crippen LogP contribution in [0.25, 0.3) is 0 Å². The predicted octanol–water partition coefficient (Wildman–Crippen LogP) is 2.77. The quantitative estimate of drug-likeness (QED) is 0.538. The van der Waals surface area contributed by atoms with Crippen molar-refractivity contribution in [2.45, 2.75) is 84.9 Å². The predicted molar refractivity (Wildman–Crippen MR) is 92.1 cm³/mol. The fourth-order valence-corrected chi connectivity index (χ4v) is 1.87. The monoisotopic (exact) mass is 314 g/mol. The van der Waals surface area contributed by atoms with Gasteiger partial charge in [-0.3, -0.25) is 4.99 Å². The molecule has 0 aromatic heterocycles. The summed E-state index contributed by atoms with van der Waals surface area (Å²) in [6, 6.07) is 0. The molecule has 0 saturated carbocycles. The molecule has 22 heavy (non-hydrogen) atoms. The third-order valence-corrected chi connectivity index (χ3v) is 3.17. The average Bonchev–Trinajstić information content (AvgIpc) is 2.30. The van der Waals surface area contributed by atoms with E-state index < -0.39 is 17.2 Å². The lowest BCUT2D eigenvalue weighted by Gasteiger charge is -2.33. The summed E-state index contributed by atoms with van der Waals surface area (Å²) < 4.78 is 5.34. The van der Waals surface area contributed by atoms with E-state index in [1.54, 1.807) is 0 Å². The van der Waals surface area contributed by atoms with Crippen molar-refractivity contribution in [1.82, 2.24) is 10.6 Å². The Morgan fingerprint density at radius 1 is 1.05 bits per heavy atom. The van der Waals surface area contributed by atoms with Crippen LogP contribution in [0.2, 0.25) is 0 Å². The summed E-state index contributed by atoms with van der Waals surface area (Å²) in [5.41, 5.74) is 4.79. The van der Waals surface area contributed by atoms with Crippen molar-refractivity contribution in [3.8, 4) is 0 Å². The summed E-state index contributed by atoms with van der Waals surface area (Å²) in [5, 5.41) is 6.07. The Morgan fingerprint density at radius 2 is 1.55 bits per heavy atom. The molecule has 0 heterocycles. The van der Waals surface area contributed by atoms with Crippen LogP contribution in [0.5, 0.6) is 0 Å². The van der Waals surface area contributed by atoms with Crippen LogP contribution >= 0.6 is 0 Å². The van der Waals surface area contributed by atoms with Crippen molar-refractivity contribution in [1.29, 1.82) is 0 Å². The van der Waals surface area contributed by atoms with Gasteiger partial charge in [-0.15, -0.1) is 0 Å². The van der Waals surface area contributed by atoms with E-state index in [0.29, 0.717) is 12.5 Å². The van der Waals surface area contributed by atoms with Crippen molar-refractivity contribution in [3.63, 3.8) is 0 Å². The van der Waals surface area contributed by atoms with E-state index in [4.69, 9.17) is 10.5 Å². The summed E-state index contributed by atoms with van der Waals surface area (Å²) in [7, 11) is 0. The number of guanidine groups is 1. The molecule has 4 N–H and O–H groups in total. The highest BCUT2D eigenvalue weighted by Crippen LogP contribution is 2.17. The van der Waals surface area contributed by atoms with E-state index in [9.17, 15) is 4.79 Å². The smallest absolute Gasteiger partial charge is 0.408 e. The fourth-order valence-electron chi connectivity index (χ4n) is 1.87. The van der Waals surface area contributed by atoms with Crippen molar-refractivity contribution < 1.29 is 9.53 Å². The van der Waals surface area contributed by atoms with Crippen LogP contribution in [0, 0.1) is 0 Å². The van der Waals surface area contributed by atoms with E-state index in [1.807, 2.05) is 55.4 Å². The van der Waals surface area contributed by atoms with Crippen molar-refractivity contribution >= 4 is 12.1 Å². The first-order chi connectivity index (χ1) is 9.82. The van der Waals surface area contributed by atoms with Gasteiger partial charge >= 0.3 is 6.09 Å². The van der Waals surface area contributed by atoms with Gasteiger partial charge < -0.3 is 21.1 Å². The molecule has 0 bridgehead atoms. The molecule has 6 heteroatoms. The minimum absolute atomic E-state index is 0.146. The molecular formula is C16H34N4O2. The minimum atomic E-state index is -0.520. The third kappa shape index (κ3) is 8.74. The zero-order valence-electron chi connectivity index (χ0n) is 15.5. The summed E-state index contributed by atoms with van der Waals surface area (Å²) in [6.07, 6.45) is 1.07. The lowest BCUT2D eigenvalue weighted by atomic mass is 9.93. The molecule has 0 radical (unpaired) electrons. The summed E-state index contributed by atoms with van der Waals surface area (Å²) >= 11 is 0. The SMILES string of the molecule is CCC(CC)(CN=C(N)NC(C)(C)C)NC(=O)OC(C)(C)C. The van der Waals surface area contributed by atoms with Crippen LogP contribution in [0.4, 0.5) is 4.79 Å². The normalized spacial score (nSPS) is 13.7. The highest BCUT2D eigenvalue weighted by molar-refractivity contribution is 5.78. The maximum Gasteiger partial charge on any atom is 0.408 e. The first-order valence-electron chi connectivity index (χ1n) is 7.92. The lowest BCUT2D eigenvalue weighted by molar-refractivity contribution is 0.0452. The van der Waals surface area contributed by atoms with Crippen LogP contribution in [0.1, 0.15) is 68.2 Å². The molecule has 0 aromatic rings. The van der Waals surface area contributed by atoms with Gasteiger partial charge in [0, 0.05) is 5.54 Å². The average molecular weight is 314 g/mol. The Labute approximate surface area is 135 Å². The molecule has 0 unspecified atom stereocenters. The summed E-state index contributed by atoms with van der Waals surface area (Å²) in [4.78, 5) is 16.4. The molecule has 0 aromatic carbocycles. The van der Waals surface area contributed by atoms with Crippen LogP contribution in [0.3, 0.4) is 0 Å². The largest absolute Gasteiger partial charge is 0.444 e. The van der Waals surface area contributed by atoms with E-state index in [-0.39, 0.29) is 5.54 Å². The molecule has 0 spiro atoms. The van der Waals surface area contributed by atoms with Crippen LogP contribution in [-0.4, -0.2) is 35.3 Å². The van der Waals surface area contributed by atoms with Crippen molar-refractivity contribution in [2.24, 2.45) is 10.7 Å². The number of carbonyl (C=O) groups excluding carboxylic acids is 1. The number of hydrogen-bond donors (Lipinski definition) is 3. The molecular weight excluding hydrogens is 280 g/mol. The number of ether oxygens (including phenoxy) is 1. The minimum Gasteiger partial charge on any atom is -0.444 e. The molecule has 0 rings (SSSR count). The third-order valence-electron chi connectivity index (χ3n) is 3.17. The highest BCUT2D eigenvalue weighted by Gasteiger charge is 2.30. The maximum atomic E-state index is 12.0. The number of carbonyl (C=O) groups is 1. The van der Waals surface area contributed by atoms with Gasteiger partial charge in [-0.1, -0.05) is 13.8 Å². The Balaban J connectivity index is 4.89. The van der Waals surface area contributed by atoms with Crippen LogP contribution in [-0.2, 0) is 4.74 Å². The number of nitrogens with zero attached hydrogens (tertiary/aromatic N) is 1. The zero-order chi connectivity index (χ0) is 17.6. The second kappa shape index (κ2) is 7.70. The number of nitrogens with one attached hydrogen (secondary N) is 2. The number of amides is 1. The molecule has 0 atom stereocenters. The number of aliphatic imine (C=N–C) groups is 1. The van der Waals surface area contributed by atoms with E-state index in [0.717, 1.165) is 12.8 Å². The molecule has 0 aliphatic rings. The summed E-state index contributed by atoms with van der Waals surface area (Å²) in [5.74, 6) is 0.379. The number of rotatable bonds is 5. The Morgan fingerprint density at radius 3 is 1.91 bits per heavy atom. The van der Waals surface area contributed by atoms with E-state index in [2.05, 4.69) is 15.6 Å². The molecule has 0 aliphatic carbocycles. The molecule has 6 nitrogen and oxygen atoms in total. The van der Waals surface area contributed by atoms with Gasteiger partial charge in [0.15, 0.2) is 5.96 Å². The van der Waals surface area contributed by atoms with Gasteiger partial charge in [-0.05, 0) is 54.4 Å². The molecule has 1 amide bonds. The molecule has 0 fully saturated rings. The first-order valence-corrected chi connectivity index (χ1v) is 7.92. The topological polar surface area (TPSA) is 88.7 Å². The van der Waals surface area contributed by atoms with E-state index >= 15 is 0 Å². The van der Waals surface area contributed by atoms with Gasteiger partial charge in [-0.25, -0.2) is 4.79 Å². The Kier molecular flexibility index (Phi) is 7.19. The second-order valence-electron chi connectivity index (χ2n) is 7.69. The molecule has 0 aliphatic heterocycles. The van der Waals surface area contributed by atoms with Gasteiger partial charge in [0.1, 0.15) is 5.60 Å². The van der Waals surface area contributed by atoms with Gasteiger partial charge in [0.2, 0.25) is 0 Å². The molecule has 130 valence electrons. The standard InChI is InChI=1S/C16H34N4O2/c1-9-16(10-2,20-13(21)22-15(6,7)8)11-18-12(17)19-14(3,4)5/h9-11H2,1-8H3,(H,20,21)(H3,17,18,19). The van der Waals surface area contributed by atoms with Crippen LogP contribution in [0.15, 0.2) is 4.99 Å². The fraction of sp³-hybridized carbons (Fsp3) is 0.875. The number of nitrogens with two attached hydrogens (primary N) is 1. The van der Waals surface area contributed by atoms with Gasteiger partial charge in [-0.2, -0.15) is 0 Å². The second-order valence-corrected chi connectivity index (χ2v) is 7.69. The maximum absolute atomic E-state index is 12.0. The van der Waals surface area contributed by atoms with Crippen molar-refractivity contribution in [2.75, 3.05) is 6.54 Å². The van der Waals surface area contributed by atoms with Crippen LogP contribution < -0.4 is 16.4 Å². The first kappa shape index (κ1) is 20.5. The van der Waals surface area contributed by atoms with E-state index in [1.165, 1.54) is 0 Å². The van der Waals surface area contributed by atoms with Gasteiger partial charge in [0.25, 0.3) is 0 Å². The highest BCUT2D eigenvalue weighted by atomic mass is 16.6. The van der Waals surface area contributed by atoms with Crippen molar-refractivity contribution in [3.05, 3.63) is 0 Å². The summed E-state index contributed by atoms with van der Waals surface area (Å²) in [6.45, 7) is 16.0. The number of alkyl carbamates (subject to hydrolysis) is 1. The molecule has 0 saturated heterocycles. The van der Waals surface area contributed by atoms with Gasteiger partial charge in [0.05, 0.1) is 12.1 Å². The lowest BCUT2D eigenvalue weighted by Crippen LogP contribution is -2.52. The number of hydrogen-bond acceptors (Lipinski definition) is 3.